The molecule has 4 aromatic rings. The number of aromatic nitrogens is 7. The summed E-state index contributed by atoms with van der Waals surface area (Å²) in [7, 11) is 0. The van der Waals surface area contributed by atoms with Crippen LogP contribution in [0.2, 0.25) is 5.02 Å². The summed E-state index contributed by atoms with van der Waals surface area (Å²) in [5.41, 5.74) is 3.93. The molecule has 3 heterocycles. The molecule has 7 nitrogen and oxygen atoms in total. The summed E-state index contributed by atoms with van der Waals surface area (Å²) < 4.78 is 3.37. The number of halogens is 1. The van der Waals surface area contributed by atoms with Crippen LogP contribution in [0.4, 0.5) is 0 Å². The minimum absolute atomic E-state index is 0.538. The monoisotopic (exact) mass is 299 g/mol. The van der Waals surface area contributed by atoms with Crippen LogP contribution >= 0.6 is 11.6 Å². The SMILES string of the molecule is Cc1cc(C)n(-c2nc3ccc(Cl)cc3n3nnnc23)n1. The Labute approximate surface area is 124 Å². The zero-order valence-electron chi connectivity index (χ0n) is 11.3. The average Bonchev–Trinajstić information content (AvgIpc) is 3.05. The molecule has 0 N–H and O–H groups in total. The van der Waals surface area contributed by atoms with Gasteiger partial charge in [-0.3, -0.25) is 0 Å². The van der Waals surface area contributed by atoms with Gasteiger partial charge < -0.3 is 0 Å². The van der Waals surface area contributed by atoms with Crippen molar-refractivity contribution in [3.8, 4) is 5.82 Å². The molecule has 0 radical (unpaired) electrons. The first-order valence-corrected chi connectivity index (χ1v) is 6.72. The summed E-state index contributed by atoms with van der Waals surface area (Å²) in [6, 6.07) is 7.40. The molecular weight excluding hydrogens is 290 g/mol. The van der Waals surface area contributed by atoms with Crippen LogP contribution in [0.3, 0.4) is 0 Å². The predicted octanol–water partition coefficient (Wildman–Crippen LogP) is 2.13. The number of nitrogens with zero attached hydrogens (tertiary/aromatic N) is 7. The first-order valence-electron chi connectivity index (χ1n) is 6.34. The Morgan fingerprint density at radius 3 is 2.76 bits per heavy atom. The van der Waals surface area contributed by atoms with Gasteiger partial charge in [0.05, 0.1) is 16.7 Å². The van der Waals surface area contributed by atoms with E-state index < -0.39 is 0 Å². The lowest BCUT2D eigenvalue weighted by Crippen LogP contribution is -2.07. The highest BCUT2D eigenvalue weighted by Gasteiger charge is 2.15. The molecule has 0 aliphatic heterocycles. The second-order valence-electron chi connectivity index (χ2n) is 4.82. The molecule has 0 saturated carbocycles. The highest BCUT2D eigenvalue weighted by Crippen LogP contribution is 2.22. The molecule has 0 atom stereocenters. The van der Waals surface area contributed by atoms with E-state index in [1.165, 1.54) is 0 Å². The van der Waals surface area contributed by atoms with E-state index in [-0.39, 0.29) is 0 Å². The largest absolute Gasteiger partial charge is 0.224 e. The van der Waals surface area contributed by atoms with Gasteiger partial charge in [0.15, 0.2) is 0 Å². The second-order valence-corrected chi connectivity index (χ2v) is 5.26. The van der Waals surface area contributed by atoms with Crippen molar-refractivity contribution < 1.29 is 0 Å². The molecule has 0 aliphatic rings. The minimum Gasteiger partial charge on any atom is -0.223 e. The Hall–Kier alpha value is -2.54. The zero-order valence-corrected chi connectivity index (χ0v) is 12.1. The van der Waals surface area contributed by atoms with Crippen LogP contribution in [0.15, 0.2) is 24.3 Å². The quantitative estimate of drug-likeness (QED) is 0.538. The van der Waals surface area contributed by atoms with Crippen molar-refractivity contribution in [1.29, 1.82) is 0 Å². The van der Waals surface area contributed by atoms with Crippen LogP contribution in [0.1, 0.15) is 11.4 Å². The van der Waals surface area contributed by atoms with E-state index >= 15 is 0 Å². The second kappa shape index (κ2) is 4.23. The van der Waals surface area contributed by atoms with Crippen LogP contribution in [-0.2, 0) is 0 Å². The van der Waals surface area contributed by atoms with E-state index in [1.807, 2.05) is 26.0 Å². The van der Waals surface area contributed by atoms with Crippen LogP contribution in [0.5, 0.6) is 0 Å². The first-order chi connectivity index (χ1) is 10.1. The lowest BCUT2D eigenvalue weighted by molar-refractivity contribution is 0.803. The molecule has 0 aliphatic carbocycles. The van der Waals surface area contributed by atoms with Gasteiger partial charge in [0, 0.05) is 10.7 Å². The van der Waals surface area contributed by atoms with Crippen LogP contribution in [0, 0.1) is 13.8 Å². The fourth-order valence-corrected chi connectivity index (χ4v) is 2.57. The number of rotatable bonds is 1. The highest BCUT2D eigenvalue weighted by atomic mass is 35.5. The van der Waals surface area contributed by atoms with Crippen molar-refractivity contribution in [1.82, 2.24) is 34.8 Å². The number of hydrogen-bond acceptors (Lipinski definition) is 5. The topological polar surface area (TPSA) is 73.8 Å². The molecule has 0 amide bonds. The van der Waals surface area contributed by atoms with Crippen molar-refractivity contribution in [3.63, 3.8) is 0 Å². The van der Waals surface area contributed by atoms with E-state index in [0.29, 0.717) is 16.5 Å². The van der Waals surface area contributed by atoms with Gasteiger partial charge in [0.2, 0.25) is 11.5 Å². The van der Waals surface area contributed by atoms with E-state index in [0.717, 1.165) is 22.4 Å². The Morgan fingerprint density at radius 2 is 2.00 bits per heavy atom. The molecule has 0 bridgehead atoms. The molecule has 21 heavy (non-hydrogen) atoms. The van der Waals surface area contributed by atoms with Crippen LogP contribution in [0.25, 0.3) is 22.5 Å². The zero-order chi connectivity index (χ0) is 14.6. The normalized spacial score (nSPS) is 11.6. The van der Waals surface area contributed by atoms with Gasteiger partial charge in [-0.1, -0.05) is 11.6 Å². The first kappa shape index (κ1) is 12.2. The van der Waals surface area contributed by atoms with Crippen molar-refractivity contribution in [2.75, 3.05) is 0 Å². The number of aryl methyl sites for hydroxylation is 2. The predicted molar refractivity (Wildman–Crippen MR) is 77.7 cm³/mol. The molecule has 0 saturated heterocycles. The van der Waals surface area contributed by atoms with Crippen LogP contribution in [-0.4, -0.2) is 34.8 Å². The lowest BCUT2D eigenvalue weighted by atomic mass is 10.3. The standard InChI is InChI=1S/C13H10ClN7/c1-7-5-8(2)20(17-7)12-13-16-18-19-21(13)11-6-9(14)3-4-10(11)15-12/h3-6H,1-2H3. The summed E-state index contributed by atoms with van der Waals surface area (Å²) in [6.07, 6.45) is 0. The third-order valence-corrected chi connectivity index (χ3v) is 3.51. The van der Waals surface area contributed by atoms with Gasteiger partial charge in [0.25, 0.3) is 0 Å². The van der Waals surface area contributed by atoms with Gasteiger partial charge in [-0.2, -0.15) is 9.61 Å². The number of fused-ring (bicyclic) bond motifs is 3. The summed E-state index contributed by atoms with van der Waals surface area (Å²) in [5, 5.41) is 16.9. The molecule has 104 valence electrons. The summed E-state index contributed by atoms with van der Waals surface area (Å²) in [6.45, 7) is 3.90. The Bertz CT molecular complexity index is 985. The van der Waals surface area contributed by atoms with Gasteiger partial charge >= 0.3 is 0 Å². The summed E-state index contributed by atoms with van der Waals surface area (Å²) in [4.78, 5) is 4.64. The van der Waals surface area contributed by atoms with Crippen molar-refractivity contribution in [2.24, 2.45) is 0 Å². The number of hydrogen-bond donors (Lipinski definition) is 0. The third-order valence-electron chi connectivity index (χ3n) is 3.27. The molecule has 1 aromatic carbocycles. The molecule has 3 aromatic heterocycles. The summed E-state index contributed by atoms with van der Waals surface area (Å²) in [5.74, 6) is 0.598. The van der Waals surface area contributed by atoms with Gasteiger partial charge in [-0.15, -0.1) is 5.10 Å². The minimum atomic E-state index is 0.538. The van der Waals surface area contributed by atoms with Gasteiger partial charge in [0.1, 0.15) is 0 Å². The maximum Gasteiger partial charge on any atom is 0.224 e. The Balaban J connectivity index is 2.15. The smallest absolute Gasteiger partial charge is 0.223 e. The fourth-order valence-electron chi connectivity index (χ4n) is 2.40. The van der Waals surface area contributed by atoms with Crippen molar-refractivity contribution in [2.45, 2.75) is 13.8 Å². The van der Waals surface area contributed by atoms with Gasteiger partial charge in [-0.05, 0) is 48.5 Å². The lowest BCUT2D eigenvalue weighted by Gasteiger charge is -2.07. The molecule has 0 unspecified atom stereocenters. The number of benzene rings is 1. The van der Waals surface area contributed by atoms with E-state index in [9.17, 15) is 0 Å². The third kappa shape index (κ3) is 1.78. The molecular formula is C13H10ClN7. The molecule has 4 rings (SSSR count). The van der Waals surface area contributed by atoms with E-state index in [4.69, 9.17) is 11.6 Å². The molecule has 0 spiro atoms. The molecule has 8 heteroatoms. The van der Waals surface area contributed by atoms with Gasteiger partial charge in [-0.25, -0.2) is 9.67 Å². The van der Waals surface area contributed by atoms with E-state index in [2.05, 4.69) is 25.6 Å². The maximum atomic E-state index is 6.04. The maximum absolute atomic E-state index is 6.04. The summed E-state index contributed by atoms with van der Waals surface area (Å²) >= 11 is 6.04. The Morgan fingerprint density at radius 1 is 1.14 bits per heavy atom. The number of tetrazole rings is 1. The highest BCUT2D eigenvalue weighted by molar-refractivity contribution is 6.31. The van der Waals surface area contributed by atoms with Crippen molar-refractivity contribution in [3.05, 3.63) is 40.7 Å². The molecule has 0 fully saturated rings. The fraction of sp³-hybridized carbons (Fsp3) is 0.154. The Kier molecular flexibility index (Phi) is 2.46. The van der Waals surface area contributed by atoms with Crippen LogP contribution < -0.4 is 0 Å². The van der Waals surface area contributed by atoms with E-state index in [1.54, 1.807) is 21.3 Å². The average molecular weight is 300 g/mol. The van der Waals surface area contributed by atoms with Crippen molar-refractivity contribution >= 4 is 28.3 Å².